The fraction of sp³-hybridized carbons (Fsp3) is 0.579. The molecular formula is C19H30N4O2. The van der Waals surface area contributed by atoms with Gasteiger partial charge in [0, 0.05) is 45.0 Å². The van der Waals surface area contributed by atoms with E-state index in [0.29, 0.717) is 25.2 Å². The number of carbonyl (C=O) groups excluding carboxylic acids is 2. The minimum atomic E-state index is 0.140. The van der Waals surface area contributed by atoms with Gasteiger partial charge in [-0.25, -0.2) is 0 Å². The quantitative estimate of drug-likeness (QED) is 0.786. The zero-order valence-electron chi connectivity index (χ0n) is 15.4. The number of nitrogens with zero attached hydrogens (tertiary/aromatic N) is 3. The molecule has 1 aliphatic rings. The zero-order chi connectivity index (χ0) is 18.2. The lowest BCUT2D eigenvalue weighted by Gasteiger charge is -2.25. The Morgan fingerprint density at radius 3 is 2.36 bits per heavy atom. The molecule has 0 radical (unpaired) electrons. The predicted octanol–water partition coefficient (Wildman–Crippen LogP) is 1.21. The minimum Gasteiger partial charge on any atom is -0.399 e. The normalized spacial score (nSPS) is 15.7. The summed E-state index contributed by atoms with van der Waals surface area (Å²) in [5.74, 6) is 0.313. The number of rotatable bonds is 6. The second kappa shape index (κ2) is 9.42. The highest BCUT2D eigenvalue weighted by Crippen LogP contribution is 2.10. The number of benzene rings is 1. The molecule has 1 aromatic rings. The third kappa shape index (κ3) is 5.74. The molecule has 6 heteroatoms. The molecule has 2 N–H and O–H groups in total. The highest BCUT2D eigenvalue weighted by atomic mass is 16.2. The molecule has 2 amide bonds. The first-order valence-electron chi connectivity index (χ1n) is 9.15. The van der Waals surface area contributed by atoms with Crippen LogP contribution >= 0.6 is 0 Å². The smallest absolute Gasteiger partial charge is 0.236 e. The highest BCUT2D eigenvalue weighted by Gasteiger charge is 2.21. The lowest BCUT2D eigenvalue weighted by atomic mass is 10.1. The van der Waals surface area contributed by atoms with Crippen LogP contribution in [0.4, 0.5) is 5.69 Å². The van der Waals surface area contributed by atoms with Crippen LogP contribution < -0.4 is 5.73 Å². The summed E-state index contributed by atoms with van der Waals surface area (Å²) >= 11 is 0. The second-order valence-electron chi connectivity index (χ2n) is 6.49. The van der Waals surface area contributed by atoms with E-state index in [4.69, 9.17) is 5.73 Å². The van der Waals surface area contributed by atoms with E-state index in [0.717, 1.165) is 44.7 Å². The fourth-order valence-electron chi connectivity index (χ4n) is 3.17. The molecule has 2 rings (SSSR count). The van der Waals surface area contributed by atoms with Crippen molar-refractivity contribution in [1.29, 1.82) is 0 Å². The number of nitrogens with two attached hydrogens (primary N) is 1. The molecule has 0 aliphatic carbocycles. The van der Waals surface area contributed by atoms with Crippen molar-refractivity contribution < 1.29 is 9.59 Å². The maximum absolute atomic E-state index is 12.5. The van der Waals surface area contributed by atoms with Crippen LogP contribution in [0.25, 0.3) is 0 Å². The Kier molecular flexibility index (Phi) is 7.25. The summed E-state index contributed by atoms with van der Waals surface area (Å²) in [6.07, 6.45) is 1.30. The third-order valence-corrected chi connectivity index (χ3v) is 4.75. The van der Waals surface area contributed by atoms with Crippen molar-refractivity contribution in [2.45, 2.75) is 26.7 Å². The summed E-state index contributed by atoms with van der Waals surface area (Å²) in [6, 6.07) is 7.46. The van der Waals surface area contributed by atoms with Gasteiger partial charge < -0.3 is 15.5 Å². The molecule has 0 aromatic heterocycles. The summed E-state index contributed by atoms with van der Waals surface area (Å²) in [6.45, 7) is 8.98. The fourth-order valence-corrected chi connectivity index (χ4v) is 3.17. The zero-order valence-corrected chi connectivity index (χ0v) is 15.4. The van der Waals surface area contributed by atoms with Gasteiger partial charge in [-0.05, 0) is 38.0 Å². The van der Waals surface area contributed by atoms with Gasteiger partial charge in [-0.3, -0.25) is 14.5 Å². The predicted molar refractivity (Wildman–Crippen MR) is 100 cm³/mol. The van der Waals surface area contributed by atoms with Gasteiger partial charge in [-0.15, -0.1) is 0 Å². The number of nitrogen functional groups attached to an aromatic ring is 1. The van der Waals surface area contributed by atoms with E-state index in [1.165, 1.54) is 0 Å². The maximum atomic E-state index is 12.5. The number of amides is 2. The van der Waals surface area contributed by atoms with Crippen molar-refractivity contribution >= 4 is 17.5 Å². The van der Waals surface area contributed by atoms with Crippen molar-refractivity contribution in [3.63, 3.8) is 0 Å². The standard InChI is InChI=1S/C19H30N4O2/c1-3-22(4-2)19(25)15-21-10-5-11-23(13-12-21)18(24)14-16-6-8-17(20)9-7-16/h6-9H,3-5,10-15,20H2,1-2H3. The molecule has 0 atom stereocenters. The molecule has 1 heterocycles. The van der Waals surface area contributed by atoms with Crippen LogP contribution in [-0.4, -0.2) is 72.3 Å². The van der Waals surface area contributed by atoms with E-state index >= 15 is 0 Å². The Balaban J connectivity index is 1.84. The van der Waals surface area contributed by atoms with Crippen LogP contribution in [-0.2, 0) is 16.0 Å². The Morgan fingerprint density at radius 2 is 1.72 bits per heavy atom. The van der Waals surface area contributed by atoms with E-state index in [9.17, 15) is 9.59 Å². The number of hydrogen-bond donors (Lipinski definition) is 1. The van der Waals surface area contributed by atoms with Gasteiger partial charge in [0.15, 0.2) is 0 Å². The van der Waals surface area contributed by atoms with Gasteiger partial charge in [0.25, 0.3) is 0 Å². The van der Waals surface area contributed by atoms with Gasteiger partial charge >= 0.3 is 0 Å². The third-order valence-electron chi connectivity index (χ3n) is 4.75. The monoisotopic (exact) mass is 346 g/mol. The number of anilines is 1. The first-order valence-corrected chi connectivity index (χ1v) is 9.15. The molecular weight excluding hydrogens is 316 g/mol. The van der Waals surface area contributed by atoms with E-state index < -0.39 is 0 Å². The van der Waals surface area contributed by atoms with Crippen LogP contribution in [0.1, 0.15) is 25.8 Å². The molecule has 138 valence electrons. The summed E-state index contributed by atoms with van der Waals surface area (Å²) in [5.41, 5.74) is 7.38. The highest BCUT2D eigenvalue weighted by molar-refractivity contribution is 5.79. The average Bonchev–Trinajstić information content (AvgIpc) is 2.83. The summed E-state index contributed by atoms with van der Waals surface area (Å²) < 4.78 is 0. The van der Waals surface area contributed by atoms with Gasteiger partial charge in [0.2, 0.25) is 11.8 Å². The number of likely N-dealkylation sites (N-methyl/N-ethyl adjacent to an activating group) is 1. The molecule has 1 saturated heterocycles. The van der Waals surface area contributed by atoms with Crippen LogP contribution in [0, 0.1) is 0 Å². The minimum absolute atomic E-state index is 0.140. The van der Waals surface area contributed by atoms with Crippen molar-refractivity contribution in [3.8, 4) is 0 Å². The van der Waals surface area contributed by atoms with Crippen LogP contribution in [0.3, 0.4) is 0 Å². The Bertz CT molecular complexity index is 569. The molecule has 0 spiro atoms. The molecule has 0 unspecified atom stereocenters. The lowest BCUT2D eigenvalue weighted by molar-refractivity contribution is -0.132. The molecule has 1 aliphatic heterocycles. The first kappa shape index (κ1) is 19.2. The van der Waals surface area contributed by atoms with E-state index in [1.54, 1.807) is 0 Å². The average molecular weight is 346 g/mol. The number of hydrogen-bond acceptors (Lipinski definition) is 4. The van der Waals surface area contributed by atoms with Crippen LogP contribution in [0.5, 0.6) is 0 Å². The van der Waals surface area contributed by atoms with Crippen molar-refractivity contribution in [3.05, 3.63) is 29.8 Å². The van der Waals surface area contributed by atoms with Crippen LogP contribution in [0.2, 0.25) is 0 Å². The molecule has 25 heavy (non-hydrogen) atoms. The van der Waals surface area contributed by atoms with Gasteiger partial charge in [-0.1, -0.05) is 12.1 Å². The molecule has 0 bridgehead atoms. The second-order valence-corrected chi connectivity index (χ2v) is 6.49. The van der Waals surface area contributed by atoms with Gasteiger partial charge in [0.1, 0.15) is 0 Å². The van der Waals surface area contributed by atoms with E-state index in [-0.39, 0.29) is 11.8 Å². The largest absolute Gasteiger partial charge is 0.399 e. The molecule has 1 aromatic carbocycles. The van der Waals surface area contributed by atoms with Crippen molar-refractivity contribution in [2.24, 2.45) is 0 Å². The molecule has 6 nitrogen and oxygen atoms in total. The first-order chi connectivity index (χ1) is 12.0. The topological polar surface area (TPSA) is 69.9 Å². The summed E-state index contributed by atoms with van der Waals surface area (Å²) in [7, 11) is 0. The Labute approximate surface area is 150 Å². The van der Waals surface area contributed by atoms with E-state index in [2.05, 4.69) is 4.90 Å². The maximum Gasteiger partial charge on any atom is 0.236 e. The molecule has 0 saturated carbocycles. The number of carbonyl (C=O) groups is 2. The summed E-state index contributed by atoms with van der Waals surface area (Å²) in [5, 5.41) is 0. The van der Waals surface area contributed by atoms with Gasteiger partial charge in [-0.2, -0.15) is 0 Å². The van der Waals surface area contributed by atoms with Crippen molar-refractivity contribution in [2.75, 3.05) is 51.5 Å². The van der Waals surface area contributed by atoms with Gasteiger partial charge in [0.05, 0.1) is 13.0 Å². The van der Waals surface area contributed by atoms with E-state index in [1.807, 2.05) is 47.9 Å². The Morgan fingerprint density at radius 1 is 1.04 bits per heavy atom. The lowest BCUT2D eigenvalue weighted by Crippen LogP contribution is -2.42. The molecule has 1 fully saturated rings. The van der Waals surface area contributed by atoms with Crippen molar-refractivity contribution in [1.82, 2.24) is 14.7 Å². The van der Waals surface area contributed by atoms with Crippen LogP contribution in [0.15, 0.2) is 24.3 Å². The Hall–Kier alpha value is -2.08. The summed E-state index contributed by atoms with van der Waals surface area (Å²) in [4.78, 5) is 30.7. The SMILES string of the molecule is CCN(CC)C(=O)CN1CCCN(C(=O)Cc2ccc(N)cc2)CC1.